The first-order chi connectivity index (χ1) is 7.72. The van der Waals surface area contributed by atoms with Gasteiger partial charge in [0.1, 0.15) is 0 Å². The molecule has 3 nitrogen and oxygen atoms in total. The maximum Gasteiger partial charge on any atom is 0.269 e. The van der Waals surface area contributed by atoms with E-state index in [9.17, 15) is 4.79 Å². The van der Waals surface area contributed by atoms with Crippen LogP contribution in [0.1, 0.15) is 39.0 Å². The fourth-order valence-corrected chi connectivity index (χ4v) is 1.20. The Hall–Kier alpha value is -1.09. The lowest BCUT2D eigenvalue weighted by Crippen LogP contribution is -2.22. The Labute approximate surface area is 98.7 Å². The number of likely N-dealkylation sites (N-methyl/N-ethyl adjacent to an activating group) is 1. The molecule has 16 heavy (non-hydrogen) atoms. The van der Waals surface area contributed by atoms with Gasteiger partial charge in [-0.15, -0.1) is 0 Å². The van der Waals surface area contributed by atoms with E-state index in [1.54, 1.807) is 13.1 Å². The minimum Gasteiger partial charge on any atom is -0.274 e. The van der Waals surface area contributed by atoms with Crippen molar-refractivity contribution in [1.82, 2.24) is 5.06 Å². The molecule has 0 aliphatic heterocycles. The van der Waals surface area contributed by atoms with Gasteiger partial charge >= 0.3 is 0 Å². The number of hydrogen-bond donors (Lipinski definition) is 0. The first-order valence-electron chi connectivity index (χ1n) is 5.87. The van der Waals surface area contributed by atoms with Crippen LogP contribution in [-0.2, 0) is 9.63 Å². The van der Waals surface area contributed by atoms with Crippen LogP contribution in [0.3, 0.4) is 0 Å². The predicted molar refractivity (Wildman–Crippen MR) is 66.8 cm³/mol. The Morgan fingerprint density at radius 2 is 2.00 bits per heavy atom. The third-order valence-electron chi connectivity index (χ3n) is 2.29. The van der Waals surface area contributed by atoms with E-state index in [-0.39, 0.29) is 5.91 Å². The van der Waals surface area contributed by atoms with Gasteiger partial charge in [0.05, 0.1) is 7.11 Å². The lowest BCUT2D eigenvalue weighted by atomic mass is 10.1. The molecule has 0 aromatic rings. The molecule has 0 aromatic heterocycles. The molecule has 0 aliphatic carbocycles. The Kier molecular flexibility index (Phi) is 9.72. The molecule has 0 saturated carbocycles. The fraction of sp³-hybridized carbons (Fsp3) is 0.615. The molecule has 0 unspecified atom stereocenters. The molecule has 0 saturated heterocycles. The average molecular weight is 225 g/mol. The van der Waals surface area contributed by atoms with Gasteiger partial charge in [-0.2, -0.15) is 0 Å². The molecule has 0 aromatic carbocycles. The van der Waals surface area contributed by atoms with Gasteiger partial charge in [0, 0.05) is 13.1 Å². The van der Waals surface area contributed by atoms with E-state index in [1.165, 1.54) is 43.9 Å². The maximum atomic E-state index is 11.2. The van der Waals surface area contributed by atoms with E-state index >= 15 is 0 Å². The molecule has 0 fully saturated rings. The number of nitrogens with zero attached hydrogens (tertiary/aromatic N) is 1. The van der Waals surface area contributed by atoms with E-state index in [4.69, 9.17) is 4.84 Å². The second kappa shape index (κ2) is 10.4. The van der Waals surface area contributed by atoms with Crippen LogP contribution in [0.15, 0.2) is 24.3 Å². The van der Waals surface area contributed by atoms with Crippen LogP contribution in [-0.4, -0.2) is 25.1 Å². The summed E-state index contributed by atoms with van der Waals surface area (Å²) in [6, 6.07) is 0. The smallest absolute Gasteiger partial charge is 0.269 e. The minimum absolute atomic E-state index is 0.155. The number of unbranched alkanes of at least 4 members (excludes halogenated alkanes) is 4. The fourth-order valence-electron chi connectivity index (χ4n) is 1.20. The van der Waals surface area contributed by atoms with Crippen molar-refractivity contribution in [1.29, 1.82) is 0 Å². The van der Waals surface area contributed by atoms with Crippen molar-refractivity contribution in [2.45, 2.75) is 39.0 Å². The Bertz CT molecular complexity index is 234. The molecule has 0 radical (unpaired) electrons. The van der Waals surface area contributed by atoms with Crippen molar-refractivity contribution in [3.63, 3.8) is 0 Å². The first-order valence-corrected chi connectivity index (χ1v) is 5.87. The van der Waals surface area contributed by atoms with E-state index in [0.29, 0.717) is 0 Å². The molecule has 0 aliphatic rings. The van der Waals surface area contributed by atoms with Crippen molar-refractivity contribution in [2.24, 2.45) is 0 Å². The summed E-state index contributed by atoms with van der Waals surface area (Å²) in [5.41, 5.74) is 0. The van der Waals surface area contributed by atoms with Crippen molar-refractivity contribution in [3.8, 4) is 0 Å². The largest absolute Gasteiger partial charge is 0.274 e. The molecular formula is C13H23NO2. The number of amides is 1. The lowest BCUT2D eigenvalue weighted by Gasteiger charge is -2.09. The number of hydrogen-bond acceptors (Lipinski definition) is 2. The molecule has 0 spiro atoms. The summed E-state index contributed by atoms with van der Waals surface area (Å²) in [5, 5.41) is 1.19. The third kappa shape index (κ3) is 8.24. The van der Waals surface area contributed by atoms with Gasteiger partial charge in [0.15, 0.2) is 0 Å². The molecule has 0 rings (SSSR count). The van der Waals surface area contributed by atoms with E-state index < -0.39 is 0 Å². The Morgan fingerprint density at radius 3 is 2.62 bits per heavy atom. The van der Waals surface area contributed by atoms with Crippen molar-refractivity contribution in [3.05, 3.63) is 24.3 Å². The maximum absolute atomic E-state index is 11.2. The van der Waals surface area contributed by atoms with Crippen molar-refractivity contribution in [2.75, 3.05) is 14.2 Å². The molecule has 0 N–H and O–H groups in total. The van der Waals surface area contributed by atoms with Gasteiger partial charge in [-0.05, 0) is 12.8 Å². The molecule has 3 heteroatoms. The highest BCUT2D eigenvalue weighted by atomic mass is 16.7. The van der Waals surface area contributed by atoms with Crippen molar-refractivity contribution < 1.29 is 9.63 Å². The van der Waals surface area contributed by atoms with Crippen molar-refractivity contribution >= 4 is 5.91 Å². The summed E-state index contributed by atoms with van der Waals surface area (Å²) in [4.78, 5) is 16.0. The number of carbonyl (C=O) groups excluding carboxylic acids is 1. The average Bonchev–Trinajstić information content (AvgIpc) is 2.31. The van der Waals surface area contributed by atoms with Crippen LogP contribution in [0.2, 0.25) is 0 Å². The zero-order valence-electron chi connectivity index (χ0n) is 10.6. The van der Waals surface area contributed by atoms with E-state index in [0.717, 1.165) is 6.42 Å². The summed E-state index contributed by atoms with van der Waals surface area (Å²) < 4.78 is 0. The molecule has 0 atom stereocenters. The standard InChI is InChI=1S/C13H23NO2/c1-4-5-6-7-8-9-10-11-12-13(15)14(2)16-3/h9-12H,4-8H2,1-3H3/b10-9+,12-11+. The molecule has 92 valence electrons. The van der Waals surface area contributed by atoms with Gasteiger partial charge in [0.25, 0.3) is 5.91 Å². The zero-order valence-corrected chi connectivity index (χ0v) is 10.6. The molecule has 0 bridgehead atoms. The highest BCUT2D eigenvalue weighted by Gasteiger charge is 1.99. The minimum atomic E-state index is -0.155. The summed E-state index contributed by atoms with van der Waals surface area (Å²) in [5.74, 6) is -0.155. The lowest BCUT2D eigenvalue weighted by molar-refractivity contribution is -0.162. The normalized spacial score (nSPS) is 11.4. The van der Waals surface area contributed by atoms with Gasteiger partial charge in [-0.25, -0.2) is 5.06 Å². The van der Waals surface area contributed by atoms with Gasteiger partial charge in [0.2, 0.25) is 0 Å². The Morgan fingerprint density at radius 1 is 1.25 bits per heavy atom. The zero-order chi connectivity index (χ0) is 12.2. The van der Waals surface area contributed by atoms with Gasteiger partial charge in [-0.1, -0.05) is 44.4 Å². The van der Waals surface area contributed by atoms with Crippen LogP contribution in [0.4, 0.5) is 0 Å². The van der Waals surface area contributed by atoms with Crippen LogP contribution < -0.4 is 0 Å². The number of allylic oxidation sites excluding steroid dienone is 3. The van der Waals surface area contributed by atoms with Gasteiger partial charge in [-0.3, -0.25) is 9.63 Å². The molecule has 1 amide bonds. The van der Waals surface area contributed by atoms with Crippen LogP contribution in [0.25, 0.3) is 0 Å². The SMILES string of the molecule is CCCCCC/C=C/C=C/C(=O)N(C)OC. The number of rotatable bonds is 8. The quantitative estimate of drug-likeness (QED) is 0.275. The first kappa shape index (κ1) is 14.9. The number of carbonyl (C=O) groups is 1. The predicted octanol–water partition coefficient (Wildman–Crippen LogP) is 3.09. The Balaban J connectivity index is 3.58. The van der Waals surface area contributed by atoms with E-state index in [2.05, 4.69) is 13.0 Å². The summed E-state index contributed by atoms with van der Waals surface area (Å²) in [7, 11) is 3.05. The molecule has 0 heterocycles. The van der Waals surface area contributed by atoms with Crippen LogP contribution in [0, 0.1) is 0 Å². The second-order valence-corrected chi connectivity index (χ2v) is 3.65. The van der Waals surface area contributed by atoms with E-state index in [1.807, 2.05) is 6.08 Å². The monoisotopic (exact) mass is 225 g/mol. The second-order valence-electron chi connectivity index (χ2n) is 3.65. The highest BCUT2D eigenvalue weighted by Crippen LogP contribution is 2.02. The number of hydroxylamine groups is 2. The molecular weight excluding hydrogens is 202 g/mol. The topological polar surface area (TPSA) is 29.5 Å². The van der Waals surface area contributed by atoms with Crippen LogP contribution in [0.5, 0.6) is 0 Å². The van der Waals surface area contributed by atoms with Crippen LogP contribution >= 0.6 is 0 Å². The summed E-state index contributed by atoms with van der Waals surface area (Å²) in [6.45, 7) is 2.20. The van der Waals surface area contributed by atoms with Gasteiger partial charge < -0.3 is 0 Å². The third-order valence-corrected chi connectivity index (χ3v) is 2.29. The summed E-state index contributed by atoms with van der Waals surface area (Å²) in [6.07, 6.45) is 13.4. The summed E-state index contributed by atoms with van der Waals surface area (Å²) >= 11 is 0. The highest BCUT2D eigenvalue weighted by molar-refractivity contribution is 5.86.